The van der Waals surface area contributed by atoms with Gasteiger partial charge in [0.1, 0.15) is 18.0 Å². The van der Waals surface area contributed by atoms with E-state index in [1.807, 2.05) is 44.2 Å². The second-order valence-corrected chi connectivity index (χ2v) is 6.94. The van der Waals surface area contributed by atoms with Crippen LogP contribution in [-0.4, -0.2) is 54.0 Å². The lowest BCUT2D eigenvalue weighted by Gasteiger charge is -2.35. The van der Waals surface area contributed by atoms with E-state index < -0.39 is 0 Å². The molecule has 1 N–H and O–H groups in total. The lowest BCUT2D eigenvalue weighted by molar-refractivity contribution is -0.134. The van der Waals surface area contributed by atoms with Gasteiger partial charge >= 0.3 is 0 Å². The minimum Gasteiger partial charge on any atom is -0.489 e. The molecule has 2 aromatic rings. The van der Waals surface area contributed by atoms with Gasteiger partial charge < -0.3 is 19.9 Å². The molecule has 28 heavy (non-hydrogen) atoms. The fraction of sp³-hybridized carbons (Fsp3) is 0.381. The molecule has 0 atom stereocenters. The Morgan fingerprint density at radius 3 is 2.46 bits per heavy atom. The van der Waals surface area contributed by atoms with Crippen LogP contribution in [-0.2, 0) is 9.59 Å². The third-order valence-corrected chi connectivity index (χ3v) is 4.44. The molecule has 0 unspecified atom stereocenters. The zero-order chi connectivity index (χ0) is 19.9. The molecule has 7 heteroatoms. The Morgan fingerprint density at radius 2 is 1.79 bits per heavy atom. The maximum Gasteiger partial charge on any atom is 0.233 e. The van der Waals surface area contributed by atoms with Gasteiger partial charge in [0.05, 0.1) is 11.8 Å². The number of para-hydroxylation sites is 2. The number of nitrogens with zero attached hydrogens (tertiary/aromatic N) is 3. The number of hydrogen-bond donors (Lipinski definition) is 1. The van der Waals surface area contributed by atoms with E-state index in [0.717, 1.165) is 5.82 Å². The third-order valence-electron chi connectivity index (χ3n) is 4.44. The Morgan fingerprint density at radius 1 is 1.07 bits per heavy atom. The smallest absolute Gasteiger partial charge is 0.233 e. The predicted molar refractivity (Wildman–Crippen MR) is 108 cm³/mol. The van der Waals surface area contributed by atoms with Gasteiger partial charge in [-0.3, -0.25) is 9.59 Å². The number of aromatic nitrogens is 1. The minimum atomic E-state index is -0.336. The number of anilines is 2. The Bertz CT molecular complexity index is 802. The van der Waals surface area contributed by atoms with Crippen LogP contribution in [0.2, 0.25) is 0 Å². The monoisotopic (exact) mass is 382 g/mol. The van der Waals surface area contributed by atoms with Gasteiger partial charge in [-0.1, -0.05) is 18.2 Å². The summed E-state index contributed by atoms with van der Waals surface area (Å²) in [5, 5.41) is 2.79. The molecular weight excluding hydrogens is 356 g/mol. The van der Waals surface area contributed by atoms with Gasteiger partial charge in [-0.25, -0.2) is 4.98 Å². The summed E-state index contributed by atoms with van der Waals surface area (Å²) in [5.74, 6) is 1.01. The molecule has 0 aliphatic carbocycles. The summed E-state index contributed by atoms with van der Waals surface area (Å²) in [6.45, 7) is 6.41. The van der Waals surface area contributed by atoms with E-state index in [-0.39, 0.29) is 24.3 Å². The van der Waals surface area contributed by atoms with Crippen molar-refractivity contribution in [1.82, 2.24) is 9.88 Å². The molecule has 1 fully saturated rings. The van der Waals surface area contributed by atoms with Gasteiger partial charge in [0, 0.05) is 32.4 Å². The van der Waals surface area contributed by atoms with Gasteiger partial charge in [0.25, 0.3) is 0 Å². The SMILES string of the molecule is CC(C)Oc1ccccc1NC(=O)CC(=O)N1CCN(c2ccccn2)CC1. The average molecular weight is 382 g/mol. The standard InChI is InChI=1S/C21H26N4O3/c1-16(2)28-18-8-4-3-7-17(18)23-20(26)15-21(27)25-13-11-24(12-14-25)19-9-5-6-10-22-19/h3-10,16H,11-15H2,1-2H3,(H,23,26). The van der Waals surface area contributed by atoms with Crippen LogP contribution in [0.3, 0.4) is 0 Å². The van der Waals surface area contributed by atoms with Gasteiger partial charge in [-0.05, 0) is 38.1 Å². The van der Waals surface area contributed by atoms with E-state index in [1.54, 1.807) is 23.2 Å². The zero-order valence-electron chi connectivity index (χ0n) is 16.3. The molecule has 1 aromatic carbocycles. The number of pyridine rings is 1. The first-order valence-corrected chi connectivity index (χ1v) is 9.52. The highest BCUT2D eigenvalue weighted by atomic mass is 16.5. The van der Waals surface area contributed by atoms with Gasteiger partial charge in [-0.15, -0.1) is 0 Å². The number of hydrogen-bond acceptors (Lipinski definition) is 5. The summed E-state index contributed by atoms with van der Waals surface area (Å²) >= 11 is 0. The maximum absolute atomic E-state index is 12.5. The highest BCUT2D eigenvalue weighted by Crippen LogP contribution is 2.25. The van der Waals surface area contributed by atoms with Gasteiger partial charge in [-0.2, -0.15) is 0 Å². The van der Waals surface area contributed by atoms with Crippen molar-refractivity contribution in [3.05, 3.63) is 48.7 Å². The van der Waals surface area contributed by atoms with Crippen LogP contribution in [0.1, 0.15) is 20.3 Å². The number of amides is 2. The first kappa shape index (κ1) is 19.7. The Labute approximate surface area is 165 Å². The van der Waals surface area contributed by atoms with Crippen molar-refractivity contribution in [2.45, 2.75) is 26.4 Å². The fourth-order valence-corrected chi connectivity index (χ4v) is 3.10. The van der Waals surface area contributed by atoms with Crippen molar-refractivity contribution in [3.63, 3.8) is 0 Å². The van der Waals surface area contributed by atoms with Crippen LogP contribution in [0.15, 0.2) is 48.7 Å². The molecular formula is C21H26N4O3. The van der Waals surface area contributed by atoms with Crippen molar-refractivity contribution in [3.8, 4) is 5.75 Å². The molecule has 1 aliphatic rings. The Kier molecular flexibility index (Phi) is 6.47. The normalized spacial score (nSPS) is 14.1. The lowest BCUT2D eigenvalue weighted by atomic mass is 10.2. The molecule has 1 aromatic heterocycles. The molecule has 0 radical (unpaired) electrons. The van der Waals surface area contributed by atoms with E-state index >= 15 is 0 Å². The van der Waals surface area contributed by atoms with Crippen molar-refractivity contribution >= 4 is 23.3 Å². The molecule has 0 saturated carbocycles. The molecule has 0 bridgehead atoms. The van der Waals surface area contributed by atoms with E-state index in [2.05, 4.69) is 15.2 Å². The quantitative estimate of drug-likeness (QED) is 0.777. The third kappa shape index (κ3) is 5.22. The summed E-state index contributed by atoms with van der Waals surface area (Å²) in [4.78, 5) is 33.1. The molecule has 148 valence electrons. The van der Waals surface area contributed by atoms with Crippen LogP contribution in [0.25, 0.3) is 0 Å². The first-order chi connectivity index (χ1) is 13.5. The number of benzene rings is 1. The number of ether oxygens (including phenoxy) is 1. The van der Waals surface area contributed by atoms with E-state index in [4.69, 9.17) is 4.74 Å². The molecule has 0 spiro atoms. The van der Waals surface area contributed by atoms with Gasteiger partial charge in [0.15, 0.2) is 0 Å². The lowest BCUT2D eigenvalue weighted by Crippen LogP contribution is -2.49. The van der Waals surface area contributed by atoms with Crippen molar-refractivity contribution < 1.29 is 14.3 Å². The molecule has 1 saturated heterocycles. The molecule has 7 nitrogen and oxygen atoms in total. The average Bonchev–Trinajstić information content (AvgIpc) is 2.70. The molecule has 1 aliphatic heterocycles. The Hall–Kier alpha value is -3.09. The summed E-state index contributed by atoms with van der Waals surface area (Å²) in [6, 6.07) is 13.0. The van der Waals surface area contributed by atoms with Crippen LogP contribution >= 0.6 is 0 Å². The van der Waals surface area contributed by atoms with Crippen LogP contribution in [0.5, 0.6) is 5.75 Å². The summed E-state index contributed by atoms with van der Waals surface area (Å²) in [7, 11) is 0. The fourth-order valence-electron chi connectivity index (χ4n) is 3.10. The maximum atomic E-state index is 12.5. The number of rotatable bonds is 6. The van der Waals surface area contributed by atoms with Crippen molar-refractivity contribution in [1.29, 1.82) is 0 Å². The van der Waals surface area contributed by atoms with Crippen molar-refractivity contribution in [2.24, 2.45) is 0 Å². The Balaban J connectivity index is 1.51. The molecule has 2 amide bonds. The second-order valence-electron chi connectivity index (χ2n) is 6.94. The molecule has 2 heterocycles. The number of piperazine rings is 1. The zero-order valence-corrected chi connectivity index (χ0v) is 16.3. The highest BCUT2D eigenvalue weighted by Gasteiger charge is 2.23. The van der Waals surface area contributed by atoms with Crippen molar-refractivity contribution in [2.75, 3.05) is 36.4 Å². The van der Waals surface area contributed by atoms with Crippen LogP contribution < -0.4 is 15.0 Å². The number of nitrogens with one attached hydrogen (secondary N) is 1. The largest absolute Gasteiger partial charge is 0.489 e. The molecule has 3 rings (SSSR count). The van der Waals surface area contributed by atoms with E-state index in [1.165, 1.54) is 0 Å². The van der Waals surface area contributed by atoms with Gasteiger partial charge in [0.2, 0.25) is 11.8 Å². The minimum absolute atomic E-state index is 0.00455. The number of carbonyl (C=O) groups excluding carboxylic acids is 2. The summed E-state index contributed by atoms with van der Waals surface area (Å²) in [5.41, 5.74) is 0.578. The summed E-state index contributed by atoms with van der Waals surface area (Å²) < 4.78 is 5.70. The van der Waals surface area contributed by atoms with E-state index in [0.29, 0.717) is 37.6 Å². The number of carbonyl (C=O) groups is 2. The van der Waals surface area contributed by atoms with Crippen LogP contribution in [0, 0.1) is 0 Å². The summed E-state index contributed by atoms with van der Waals surface area (Å²) in [6.07, 6.45) is 1.58. The van der Waals surface area contributed by atoms with E-state index in [9.17, 15) is 9.59 Å². The predicted octanol–water partition coefficient (Wildman–Crippen LogP) is 2.55. The topological polar surface area (TPSA) is 74.8 Å². The highest BCUT2D eigenvalue weighted by molar-refractivity contribution is 6.04. The first-order valence-electron chi connectivity index (χ1n) is 9.52. The van der Waals surface area contributed by atoms with Crippen LogP contribution in [0.4, 0.5) is 11.5 Å². The second kappa shape index (κ2) is 9.21.